The third-order valence-corrected chi connectivity index (χ3v) is 1.08. The molecular weight excluding hydrogens is 142 g/mol. The van der Waals surface area contributed by atoms with Crippen molar-refractivity contribution in [3.8, 4) is 0 Å². The molecule has 0 fully saturated rings. The Morgan fingerprint density at radius 1 is 1.45 bits per heavy atom. The monoisotopic (exact) mass is 155 g/mol. The van der Waals surface area contributed by atoms with Gasteiger partial charge in [-0.15, -0.1) is 5.10 Å². The number of nitrogen functional groups attached to an aromatic ring is 1. The van der Waals surface area contributed by atoms with Crippen LogP contribution in [0.2, 0.25) is 0 Å². The van der Waals surface area contributed by atoms with Crippen molar-refractivity contribution in [1.82, 2.24) is 20.2 Å². The zero-order valence-electron chi connectivity index (χ0n) is 7.07. The van der Waals surface area contributed by atoms with E-state index >= 15 is 0 Å². The number of hydrogen-bond donors (Lipinski definition) is 1. The Hall–Kier alpha value is -1.13. The van der Waals surface area contributed by atoms with Gasteiger partial charge >= 0.3 is 0 Å². The average Bonchev–Trinajstić information content (AvgIpc) is 2.10. The first kappa shape index (κ1) is 7.97. The van der Waals surface area contributed by atoms with Gasteiger partial charge in [-0.3, -0.25) is 0 Å². The molecule has 0 bridgehead atoms. The van der Waals surface area contributed by atoms with E-state index < -0.39 is 0 Å². The van der Waals surface area contributed by atoms with Crippen LogP contribution in [0.15, 0.2) is 0 Å². The van der Waals surface area contributed by atoms with Crippen LogP contribution in [0.5, 0.6) is 0 Å². The highest BCUT2D eigenvalue weighted by atomic mass is 15.6. The number of hydrogen-bond acceptors (Lipinski definition) is 4. The maximum atomic E-state index is 5.29. The summed E-state index contributed by atoms with van der Waals surface area (Å²) in [6.07, 6.45) is 0. The molecule has 5 nitrogen and oxygen atoms in total. The van der Waals surface area contributed by atoms with Crippen molar-refractivity contribution in [2.45, 2.75) is 27.3 Å². The van der Waals surface area contributed by atoms with Gasteiger partial charge in [-0.05, 0) is 10.6 Å². The summed E-state index contributed by atoms with van der Waals surface area (Å²) < 4.78 is 0. The van der Waals surface area contributed by atoms with Crippen molar-refractivity contribution in [2.75, 3.05) is 5.73 Å². The second-order valence-electron chi connectivity index (χ2n) is 3.74. The maximum absolute atomic E-state index is 5.29. The number of nitrogens with zero attached hydrogens (tertiary/aromatic N) is 4. The van der Waals surface area contributed by atoms with Gasteiger partial charge in [0, 0.05) is 0 Å². The molecule has 11 heavy (non-hydrogen) atoms. The zero-order chi connectivity index (χ0) is 8.48. The molecule has 0 aliphatic heterocycles. The zero-order valence-corrected chi connectivity index (χ0v) is 7.07. The summed E-state index contributed by atoms with van der Waals surface area (Å²) in [6, 6.07) is 0. The Labute approximate surface area is 65.6 Å². The first-order chi connectivity index (χ1) is 4.97. The Morgan fingerprint density at radius 2 is 2.09 bits per heavy atom. The van der Waals surface area contributed by atoms with Crippen molar-refractivity contribution in [3.63, 3.8) is 0 Å². The number of anilines is 1. The highest BCUT2D eigenvalue weighted by Crippen LogP contribution is 2.14. The Kier molecular flexibility index (Phi) is 1.80. The average molecular weight is 155 g/mol. The molecule has 2 N–H and O–H groups in total. The number of rotatable bonds is 1. The molecule has 1 aromatic rings. The second kappa shape index (κ2) is 2.48. The minimum Gasteiger partial charge on any atom is -0.365 e. The van der Waals surface area contributed by atoms with E-state index in [0.717, 1.165) is 6.54 Å². The van der Waals surface area contributed by atoms with Gasteiger partial charge < -0.3 is 5.73 Å². The summed E-state index contributed by atoms with van der Waals surface area (Å²) in [5.74, 6) is 0.231. The van der Waals surface area contributed by atoms with Crippen molar-refractivity contribution in [3.05, 3.63) is 0 Å². The predicted molar refractivity (Wildman–Crippen MR) is 41.7 cm³/mol. The molecule has 0 unspecified atom stereocenters. The van der Waals surface area contributed by atoms with Crippen LogP contribution in [0.25, 0.3) is 0 Å². The van der Waals surface area contributed by atoms with Crippen molar-refractivity contribution >= 4 is 5.95 Å². The summed E-state index contributed by atoms with van der Waals surface area (Å²) in [7, 11) is 0. The number of tetrazole rings is 1. The van der Waals surface area contributed by atoms with Crippen LogP contribution in [0, 0.1) is 5.41 Å². The van der Waals surface area contributed by atoms with Crippen LogP contribution in [0.3, 0.4) is 0 Å². The molecule has 0 spiro atoms. The van der Waals surface area contributed by atoms with Crippen LogP contribution in [0.4, 0.5) is 5.95 Å². The first-order valence-corrected chi connectivity index (χ1v) is 3.51. The molecule has 1 aromatic heterocycles. The maximum Gasteiger partial charge on any atom is 0.260 e. The van der Waals surface area contributed by atoms with Crippen LogP contribution in [-0.4, -0.2) is 20.2 Å². The Morgan fingerprint density at radius 3 is 2.45 bits per heavy atom. The number of nitrogens with two attached hydrogens (primary N) is 1. The topological polar surface area (TPSA) is 69.6 Å². The molecule has 0 saturated carbocycles. The molecule has 0 amide bonds. The molecule has 1 rings (SSSR count). The lowest BCUT2D eigenvalue weighted by molar-refractivity contribution is 0.300. The van der Waals surface area contributed by atoms with Crippen LogP contribution in [0.1, 0.15) is 20.8 Å². The Balaban J connectivity index is 2.65. The fourth-order valence-electron chi connectivity index (χ4n) is 0.747. The first-order valence-electron chi connectivity index (χ1n) is 3.51. The van der Waals surface area contributed by atoms with E-state index in [-0.39, 0.29) is 11.4 Å². The van der Waals surface area contributed by atoms with E-state index in [4.69, 9.17) is 5.73 Å². The molecule has 62 valence electrons. The predicted octanol–water partition coefficient (Wildman–Crippen LogP) is 0.301. The molecule has 0 aliphatic rings. The molecule has 1 heterocycles. The highest BCUT2D eigenvalue weighted by Gasteiger charge is 2.12. The molecule has 0 aromatic carbocycles. The third-order valence-electron chi connectivity index (χ3n) is 1.08. The quantitative estimate of drug-likeness (QED) is 0.633. The molecule has 5 heteroatoms. The minimum atomic E-state index is 0.160. The lowest BCUT2D eigenvalue weighted by atomic mass is 9.97. The Bertz CT molecular complexity index is 233. The molecule has 0 saturated heterocycles. The largest absolute Gasteiger partial charge is 0.365 e. The van der Waals surface area contributed by atoms with E-state index in [9.17, 15) is 0 Å². The standard InChI is InChI=1S/C6H13N5/c1-6(2,3)4-11-9-5(7)8-10-11/h4H2,1-3H3,(H2,7,9). The SMILES string of the molecule is CC(C)(C)Cn1nnc(N)n1. The summed E-state index contributed by atoms with van der Waals surface area (Å²) in [4.78, 5) is 1.51. The molecule has 0 radical (unpaired) electrons. The van der Waals surface area contributed by atoms with Gasteiger partial charge in [-0.25, -0.2) is 0 Å². The summed E-state index contributed by atoms with van der Waals surface area (Å²) in [5.41, 5.74) is 5.45. The highest BCUT2D eigenvalue weighted by molar-refractivity contribution is 5.06. The molecular formula is C6H13N5. The van der Waals surface area contributed by atoms with Gasteiger partial charge in [0.2, 0.25) is 0 Å². The number of aromatic nitrogens is 4. The van der Waals surface area contributed by atoms with Crippen LogP contribution in [-0.2, 0) is 6.54 Å². The lowest BCUT2D eigenvalue weighted by Crippen LogP contribution is -2.17. The third kappa shape index (κ3) is 2.53. The van der Waals surface area contributed by atoms with Gasteiger partial charge in [0.15, 0.2) is 0 Å². The smallest absolute Gasteiger partial charge is 0.260 e. The molecule has 0 atom stereocenters. The minimum absolute atomic E-state index is 0.160. The van der Waals surface area contributed by atoms with E-state index in [1.165, 1.54) is 4.80 Å². The summed E-state index contributed by atoms with van der Waals surface area (Å²) in [5, 5.41) is 11.2. The summed E-state index contributed by atoms with van der Waals surface area (Å²) in [6.45, 7) is 7.04. The van der Waals surface area contributed by atoms with E-state index in [2.05, 4.69) is 36.2 Å². The fraction of sp³-hybridized carbons (Fsp3) is 0.833. The lowest BCUT2D eigenvalue weighted by Gasteiger charge is -2.15. The van der Waals surface area contributed by atoms with Crippen molar-refractivity contribution in [1.29, 1.82) is 0 Å². The van der Waals surface area contributed by atoms with Gasteiger partial charge in [-0.1, -0.05) is 25.9 Å². The van der Waals surface area contributed by atoms with Gasteiger partial charge in [0.25, 0.3) is 5.95 Å². The van der Waals surface area contributed by atoms with Crippen molar-refractivity contribution in [2.24, 2.45) is 5.41 Å². The van der Waals surface area contributed by atoms with Crippen molar-refractivity contribution < 1.29 is 0 Å². The van der Waals surface area contributed by atoms with Gasteiger partial charge in [0.05, 0.1) is 6.54 Å². The normalized spacial score (nSPS) is 11.9. The van der Waals surface area contributed by atoms with E-state index in [1.807, 2.05) is 0 Å². The molecule has 0 aliphatic carbocycles. The summed E-state index contributed by atoms with van der Waals surface area (Å²) >= 11 is 0. The van der Waals surface area contributed by atoms with E-state index in [0.29, 0.717) is 0 Å². The van der Waals surface area contributed by atoms with E-state index in [1.54, 1.807) is 0 Å². The van der Waals surface area contributed by atoms with Gasteiger partial charge in [-0.2, -0.15) is 4.80 Å². The van der Waals surface area contributed by atoms with Crippen LogP contribution < -0.4 is 5.73 Å². The fourth-order valence-corrected chi connectivity index (χ4v) is 0.747. The van der Waals surface area contributed by atoms with Crippen LogP contribution >= 0.6 is 0 Å². The van der Waals surface area contributed by atoms with Gasteiger partial charge in [0.1, 0.15) is 0 Å². The second-order valence-corrected chi connectivity index (χ2v) is 3.74.